The Balaban J connectivity index is 2.42. The topological polar surface area (TPSA) is 91.3 Å². The monoisotopic (exact) mass is 323 g/mol. The molecule has 19 heavy (non-hydrogen) atoms. The lowest BCUT2D eigenvalue weighted by atomic mass is 10.2. The molecule has 0 aliphatic heterocycles. The number of nitrogens with two attached hydrogens (primary N) is 1. The van der Waals surface area contributed by atoms with Crippen LogP contribution in [0.4, 0.5) is 11.4 Å². The zero-order valence-electron chi connectivity index (χ0n) is 9.96. The van der Waals surface area contributed by atoms with Gasteiger partial charge in [0.15, 0.2) is 0 Å². The van der Waals surface area contributed by atoms with Crippen LogP contribution in [0, 0.1) is 17.0 Å². The van der Waals surface area contributed by atoms with Gasteiger partial charge in [0.25, 0.3) is 0 Å². The van der Waals surface area contributed by atoms with Crippen LogP contribution in [0.25, 0.3) is 0 Å². The molecule has 0 amide bonds. The molecule has 0 saturated heterocycles. The van der Waals surface area contributed by atoms with Crippen molar-refractivity contribution >= 4 is 27.3 Å². The fourth-order valence-corrected chi connectivity index (χ4v) is 1.92. The van der Waals surface area contributed by atoms with Crippen LogP contribution in [0.5, 0.6) is 11.6 Å². The number of rotatable bonds is 3. The minimum Gasteiger partial charge on any atom is -0.431 e. The van der Waals surface area contributed by atoms with Gasteiger partial charge >= 0.3 is 5.69 Å². The van der Waals surface area contributed by atoms with Gasteiger partial charge in [-0.15, -0.1) is 0 Å². The summed E-state index contributed by atoms with van der Waals surface area (Å²) in [7, 11) is 0. The molecule has 0 saturated carbocycles. The quantitative estimate of drug-likeness (QED) is 0.690. The van der Waals surface area contributed by atoms with Gasteiger partial charge in [-0.2, -0.15) is 0 Å². The molecule has 1 aromatic carbocycles. The van der Waals surface area contributed by atoms with Crippen molar-refractivity contribution in [3.63, 3.8) is 0 Å². The Labute approximate surface area is 117 Å². The van der Waals surface area contributed by atoms with Gasteiger partial charge in [-0.3, -0.25) is 10.1 Å². The highest BCUT2D eigenvalue weighted by Gasteiger charge is 2.17. The molecular weight excluding hydrogens is 314 g/mol. The van der Waals surface area contributed by atoms with Gasteiger partial charge in [0, 0.05) is 6.07 Å². The van der Waals surface area contributed by atoms with Gasteiger partial charge in [-0.25, -0.2) is 4.98 Å². The van der Waals surface area contributed by atoms with Crippen LogP contribution in [0.3, 0.4) is 0 Å². The molecule has 2 aromatic rings. The largest absolute Gasteiger partial charge is 0.431 e. The maximum absolute atomic E-state index is 10.9. The van der Waals surface area contributed by atoms with Crippen molar-refractivity contribution in [2.45, 2.75) is 6.92 Å². The average molecular weight is 324 g/mol. The number of nitrogen functional groups attached to an aromatic ring is 1. The highest BCUT2D eigenvalue weighted by atomic mass is 79.9. The zero-order valence-corrected chi connectivity index (χ0v) is 11.5. The van der Waals surface area contributed by atoms with Crippen molar-refractivity contribution in [2.75, 3.05) is 5.73 Å². The SMILES string of the molecule is Cc1ccc([N+](=O)[O-])c(Oc2ncc(N)cc2Br)c1. The predicted molar refractivity (Wildman–Crippen MR) is 74.3 cm³/mol. The summed E-state index contributed by atoms with van der Waals surface area (Å²) in [4.78, 5) is 14.4. The van der Waals surface area contributed by atoms with Crippen molar-refractivity contribution in [2.24, 2.45) is 0 Å². The second kappa shape index (κ2) is 5.23. The minimum atomic E-state index is -0.500. The number of aryl methyl sites for hydroxylation is 1. The third-order valence-electron chi connectivity index (χ3n) is 2.35. The molecule has 1 aromatic heterocycles. The summed E-state index contributed by atoms with van der Waals surface area (Å²) in [5.74, 6) is 0.367. The second-order valence-corrected chi connectivity index (χ2v) is 4.74. The standard InChI is InChI=1S/C12H10BrN3O3/c1-7-2-3-10(16(17)18)11(4-7)19-12-9(13)5-8(14)6-15-12/h2-6H,14H2,1H3. The summed E-state index contributed by atoms with van der Waals surface area (Å²) >= 11 is 3.25. The maximum atomic E-state index is 10.9. The number of benzene rings is 1. The van der Waals surface area contributed by atoms with Crippen LogP contribution in [0.15, 0.2) is 34.9 Å². The van der Waals surface area contributed by atoms with Gasteiger partial charge < -0.3 is 10.5 Å². The van der Waals surface area contributed by atoms with Crippen LogP contribution >= 0.6 is 15.9 Å². The number of ether oxygens (including phenoxy) is 1. The molecule has 2 N–H and O–H groups in total. The molecule has 7 heteroatoms. The Kier molecular flexibility index (Phi) is 3.66. The Morgan fingerprint density at radius 2 is 2.16 bits per heavy atom. The first-order valence-corrected chi connectivity index (χ1v) is 6.10. The maximum Gasteiger partial charge on any atom is 0.311 e. The molecule has 0 fully saturated rings. The van der Waals surface area contributed by atoms with E-state index in [2.05, 4.69) is 20.9 Å². The molecule has 0 aliphatic carbocycles. The molecule has 98 valence electrons. The first-order chi connectivity index (χ1) is 8.97. The van der Waals surface area contributed by atoms with E-state index in [-0.39, 0.29) is 17.3 Å². The van der Waals surface area contributed by atoms with E-state index in [0.29, 0.717) is 10.2 Å². The third-order valence-corrected chi connectivity index (χ3v) is 2.92. The van der Waals surface area contributed by atoms with Crippen LogP contribution < -0.4 is 10.5 Å². The van der Waals surface area contributed by atoms with Crippen molar-refractivity contribution in [1.82, 2.24) is 4.98 Å². The highest BCUT2D eigenvalue weighted by Crippen LogP contribution is 2.34. The Hall–Kier alpha value is -2.15. The number of pyridine rings is 1. The number of nitro groups is 1. The van der Waals surface area contributed by atoms with Crippen LogP contribution in [0.2, 0.25) is 0 Å². The lowest BCUT2D eigenvalue weighted by molar-refractivity contribution is -0.385. The van der Waals surface area contributed by atoms with E-state index >= 15 is 0 Å². The smallest absolute Gasteiger partial charge is 0.311 e. The van der Waals surface area contributed by atoms with Gasteiger partial charge in [0.1, 0.15) is 0 Å². The molecule has 0 bridgehead atoms. The normalized spacial score (nSPS) is 10.2. The van der Waals surface area contributed by atoms with Crippen LogP contribution in [-0.2, 0) is 0 Å². The second-order valence-electron chi connectivity index (χ2n) is 3.89. The summed E-state index contributed by atoms with van der Waals surface area (Å²) in [6, 6.07) is 6.25. The van der Waals surface area contributed by atoms with E-state index < -0.39 is 4.92 Å². The number of nitrogens with zero attached hydrogens (tertiary/aromatic N) is 2. The Morgan fingerprint density at radius 1 is 1.42 bits per heavy atom. The van der Waals surface area contributed by atoms with E-state index in [1.807, 2.05) is 6.92 Å². The number of nitro benzene ring substituents is 1. The van der Waals surface area contributed by atoms with Gasteiger partial charge in [0.05, 0.1) is 21.3 Å². The first kappa shape index (κ1) is 13.3. The number of hydrogen-bond acceptors (Lipinski definition) is 5. The third kappa shape index (κ3) is 3.00. The average Bonchev–Trinajstić information content (AvgIpc) is 2.32. The molecule has 0 spiro atoms. The van der Waals surface area contributed by atoms with Crippen LogP contribution in [-0.4, -0.2) is 9.91 Å². The van der Waals surface area contributed by atoms with Crippen molar-refractivity contribution < 1.29 is 9.66 Å². The molecule has 6 nitrogen and oxygen atoms in total. The van der Waals surface area contributed by atoms with Crippen molar-refractivity contribution in [3.8, 4) is 11.6 Å². The molecule has 0 radical (unpaired) electrons. The van der Waals surface area contributed by atoms with E-state index in [1.54, 1.807) is 18.2 Å². The van der Waals surface area contributed by atoms with Gasteiger partial charge in [-0.1, -0.05) is 6.07 Å². The summed E-state index contributed by atoms with van der Waals surface area (Å²) in [5, 5.41) is 10.9. The Bertz CT molecular complexity index is 646. The van der Waals surface area contributed by atoms with E-state index in [0.717, 1.165) is 5.56 Å². The molecule has 0 aliphatic rings. The molecular formula is C12H10BrN3O3. The lowest BCUT2D eigenvalue weighted by Gasteiger charge is -2.08. The van der Waals surface area contributed by atoms with E-state index in [4.69, 9.17) is 10.5 Å². The molecule has 0 unspecified atom stereocenters. The van der Waals surface area contributed by atoms with E-state index in [9.17, 15) is 10.1 Å². The predicted octanol–water partition coefficient (Wildman–Crippen LogP) is 3.44. The van der Waals surface area contributed by atoms with Gasteiger partial charge in [-0.05, 0) is 40.5 Å². The highest BCUT2D eigenvalue weighted by molar-refractivity contribution is 9.10. The van der Waals surface area contributed by atoms with Crippen LogP contribution in [0.1, 0.15) is 5.56 Å². The zero-order chi connectivity index (χ0) is 14.0. The van der Waals surface area contributed by atoms with E-state index in [1.165, 1.54) is 12.3 Å². The number of aromatic nitrogens is 1. The molecule has 1 heterocycles. The number of hydrogen-bond donors (Lipinski definition) is 1. The summed E-state index contributed by atoms with van der Waals surface area (Å²) in [6.45, 7) is 1.82. The molecule has 0 atom stereocenters. The lowest BCUT2D eigenvalue weighted by Crippen LogP contribution is -1.96. The Morgan fingerprint density at radius 3 is 2.79 bits per heavy atom. The van der Waals surface area contributed by atoms with Crippen molar-refractivity contribution in [1.29, 1.82) is 0 Å². The number of anilines is 1. The molecule has 2 rings (SSSR count). The van der Waals surface area contributed by atoms with Crippen molar-refractivity contribution in [3.05, 3.63) is 50.6 Å². The summed E-state index contributed by atoms with van der Waals surface area (Å²) in [6.07, 6.45) is 1.42. The fraction of sp³-hybridized carbons (Fsp3) is 0.0833. The summed E-state index contributed by atoms with van der Waals surface area (Å²) < 4.78 is 6.01. The minimum absolute atomic E-state index is 0.115. The summed E-state index contributed by atoms with van der Waals surface area (Å²) in [5.41, 5.74) is 6.78. The first-order valence-electron chi connectivity index (χ1n) is 5.31. The fourth-order valence-electron chi connectivity index (χ4n) is 1.47. The van der Waals surface area contributed by atoms with Gasteiger partial charge in [0.2, 0.25) is 11.6 Å². The number of halogens is 1.